The zero-order chi connectivity index (χ0) is 28.1. The Kier molecular flexibility index (Phi) is 14.7. The van der Waals surface area contributed by atoms with E-state index in [1.54, 1.807) is 14.2 Å². The molecule has 0 spiro atoms. The number of ether oxygens (including phenoxy) is 2. The van der Waals surface area contributed by atoms with Crippen LogP contribution in [-0.2, 0) is 22.4 Å². The minimum Gasteiger partial charge on any atom is -0.496 e. The second-order valence-electron chi connectivity index (χ2n) is 11.9. The number of piperidine rings is 1. The average Bonchev–Trinajstić information content (AvgIpc) is 2.89. The third-order valence-electron chi connectivity index (χ3n) is 8.22. The van der Waals surface area contributed by atoms with Gasteiger partial charge in [0.05, 0.1) is 13.2 Å². The number of benzene rings is 1. The maximum Gasteiger partial charge on any atom is 0.223 e. The number of carbonyl (C=O) groups is 1. The fraction of sp³-hybridized carbons (Fsp3) is 0.774. The van der Waals surface area contributed by atoms with Gasteiger partial charge in [-0.15, -0.1) is 0 Å². The van der Waals surface area contributed by atoms with Crippen LogP contribution in [0.15, 0.2) is 18.2 Å². The van der Waals surface area contributed by atoms with Crippen molar-refractivity contribution >= 4 is 5.91 Å². The van der Waals surface area contributed by atoms with Gasteiger partial charge < -0.3 is 30.9 Å². The zero-order valence-electron chi connectivity index (χ0n) is 24.8. The van der Waals surface area contributed by atoms with E-state index in [1.165, 1.54) is 11.1 Å². The lowest BCUT2D eigenvalue weighted by atomic mass is 9.80. The van der Waals surface area contributed by atoms with Crippen LogP contribution in [0.2, 0.25) is 0 Å². The first-order chi connectivity index (χ1) is 18.2. The van der Waals surface area contributed by atoms with Gasteiger partial charge in [0.25, 0.3) is 0 Å². The highest BCUT2D eigenvalue weighted by molar-refractivity contribution is 5.79. The number of nitrogens with one attached hydrogen (secondary N) is 2. The number of carbonyl (C=O) groups excluding carboxylic acids is 1. The van der Waals surface area contributed by atoms with Gasteiger partial charge in [0, 0.05) is 31.7 Å². The van der Waals surface area contributed by atoms with Gasteiger partial charge in [-0.1, -0.05) is 39.8 Å². The fourth-order valence-corrected chi connectivity index (χ4v) is 5.51. The van der Waals surface area contributed by atoms with Crippen molar-refractivity contribution in [2.45, 2.75) is 97.2 Å². The van der Waals surface area contributed by atoms with E-state index in [4.69, 9.17) is 15.2 Å². The van der Waals surface area contributed by atoms with Crippen molar-refractivity contribution in [3.05, 3.63) is 29.3 Å². The Morgan fingerprint density at radius 3 is 2.42 bits per heavy atom. The summed E-state index contributed by atoms with van der Waals surface area (Å²) in [6.07, 6.45) is 6.25. The van der Waals surface area contributed by atoms with Crippen LogP contribution in [0.4, 0.5) is 0 Å². The summed E-state index contributed by atoms with van der Waals surface area (Å²) in [5.41, 5.74) is 9.09. The van der Waals surface area contributed by atoms with E-state index in [1.807, 2.05) is 0 Å². The zero-order valence-corrected chi connectivity index (χ0v) is 24.8. The van der Waals surface area contributed by atoms with E-state index in [2.05, 4.69) is 56.5 Å². The molecule has 218 valence electrons. The minimum absolute atomic E-state index is 0.0508. The van der Waals surface area contributed by atoms with Gasteiger partial charge in [0.2, 0.25) is 5.91 Å². The maximum atomic E-state index is 13.1. The van der Waals surface area contributed by atoms with E-state index in [-0.39, 0.29) is 29.8 Å². The largest absolute Gasteiger partial charge is 0.496 e. The third kappa shape index (κ3) is 10.8. The average molecular weight is 534 g/mol. The number of nitrogens with two attached hydrogens (primary N) is 1. The van der Waals surface area contributed by atoms with Crippen molar-refractivity contribution < 1.29 is 19.4 Å². The van der Waals surface area contributed by atoms with Gasteiger partial charge in [-0.3, -0.25) is 4.79 Å². The third-order valence-corrected chi connectivity index (χ3v) is 8.22. The van der Waals surface area contributed by atoms with Crippen molar-refractivity contribution in [2.24, 2.45) is 29.4 Å². The summed E-state index contributed by atoms with van der Waals surface area (Å²) in [5, 5.41) is 17.7. The van der Waals surface area contributed by atoms with Crippen LogP contribution < -0.4 is 21.1 Å². The molecule has 0 unspecified atom stereocenters. The standard InChI is InChI=1S/C31H55N3O4/c1-21(2)25(18-23-10-11-30(38-6)24(17-23)9-7-8-16-37-5)19-28(32)29(35)20-27(22(3)4)31(36)34-26-12-14-33-15-13-26/h10-11,17,21-22,25-29,33,35H,7-9,12-16,18-20,32H2,1-6H3,(H,34,36)/t25-,27-,28-,29-/m0/s1. The molecule has 1 amide bonds. The van der Waals surface area contributed by atoms with Crippen LogP contribution in [0.5, 0.6) is 5.75 Å². The van der Waals surface area contributed by atoms with Crippen molar-refractivity contribution in [1.82, 2.24) is 10.6 Å². The van der Waals surface area contributed by atoms with Gasteiger partial charge in [-0.05, 0) is 99.4 Å². The highest BCUT2D eigenvalue weighted by Gasteiger charge is 2.31. The predicted molar refractivity (Wildman–Crippen MR) is 155 cm³/mol. The molecule has 0 aromatic heterocycles. The highest BCUT2D eigenvalue weighted by Crippen LogP contribution is 2.29. The summed E-state index contributed by atoms with van der Waals surface area (Å²) in [5.74, 6) is 1.63. The summed E-state index contributed by atoms with van der Waals surface area (Å²) >= 11 is 0. The smallest absolute Gasteiger partial charge is 0.223 e. The van der Waals surface area contributed by atoms with E-state index >= 15 is 0 Å². The van der Waals surface area contributed by atoms with Crippen LogP contribution in [0.25, 0.3) is 0 Å². The van der Waals surface area contributed by atoms with Gasteiger partial charge in [-0.2, -0.15) is 0 Å². The lowest BCUT2D eigenvalue weighted by Crippen LogP contribution is -2.47. The summed E-state index contributed by atoms with van der Waals surface area (Å²) in [4.78, 5) is 13.1. The Balaban J connectivity index is 2.00. The van der Waals surface area contributed by atoms with Crippen molar-refractivity contribution in [1.29, 1.82) is 0 Å². The number of hydrogen-bond acceptors (Lipinski definition) is 6. The molecule has 38 heavy (non-hydrogen) atoms. The summed E-state index contributed by atoms with van der Waals surface area (Å²) in [7, 11) is 3.46. The number of rotatable bonds is 17. The predicted octanol–water partition coefficient (Wildman–Crippen LogP) is 4.09. The first-order valence-corrected chi connectivity index (χ1v) is 14.8. The van der Waals surface area contributed by atoms with Gasteiger partial charge in [-0.25, -0.2) is 0 Å². The Morgan fingerprint density at radius 2 is 1.82 bits per heavy atom. The molecule has 5 N–H and O–H groups in total. The Bertz CT molecular complexity index is 810. The van der Waals surface area contributed by atoms with Crippen LogP contribution in [0.3, 0.4) is 0 Å². The van der Waals surface area contributed by atoms with Crippen molar-refractivity contribution in [2.75, 3.05) is 33.9 Å². The monoisotopic (exact) mass is 533 g/mol. The Morgan fingerprint density at radius 1 is 1.11 bits per heavy atom. The Hall–Kier alpha value is -1.67. The van der Waals surface area contributed by atoms with Crippen molar-refractivity contribution in [3.8, 4) is 5.75 Å². The summed E-state index contributed by atoms with van der Waals surface area (Å²) in [6.45, 7) is 11.2. The molecule has 0 radical (unpaired) electrons. The first-order valence-electron chi connectivity index (χ1n) is 14.8. The SMILES string of the molecule is COCCCCc1cc(C[C@@H](C[C@H](N)[C@@H](O)C[C@H](C(=O)NC2CCNCC2)C(C)C)C(C)C)ccc1OC. The fourth-order valence-electron chi connectivity index (χ4n) is 5.51. The van der Waals surface area contributed by atoms with Gasteiger partial charge >= 0.3 is 0 Å². The molecule has 4 atom stereocenters. The number of hydrogen-bond donors (Lipinski definition) is 4. The van der Waals surface area contributed by atoms with E-state index in [9.17, 15) is 9.90 Å². The number of aliphatic hydroxyl groups excluding tert-OH is 1. The van der Waals surface area contributed by atoms with E-state index in [0.29, 0.717) is 18.3 Å². The van der Waals surface area contributed by atoms with Crippen LogP contribution >= 0.6 is 0 Å². The maximum absolute atomic E-state index is 13.1. The lowest BCUT2D eigenvalue weighted by Gasteiger charge is -2.31. The molecule has 1 aliphatic heterocycles. The topological polar surface area (TPSA) is 106 Å². The lowest BCUT2D eigenvalue weighted by molar-refractivity contribution is -0.128. The molecule has 1 heterocycles. The number of amides is 1. The molecule has 2 rings (SSSR count). The normalized spacial score (nSPS) is 17.8. The number of unbranched alkanes of at least 4 members (excludes halogenated alkanes) is 1. The second kappa shape index (κ2) is 17.1. The molecule has 0 saturated carbocycles. The molecule has 1 aromatic rings. The molecule has 7 nitrogen and oxygen atoms in total. The van der Waals surface area contributed by atoms with Crippen molar-refractivity contribution in [3.63, 3.8) is 0 Å². The molecular weight excluding hydrogens is 478 g/mol. The van der Waals surface area contributed by atoms with Gasteiger partial charge in [0.1, 0.15) is 5.75 Å². The number of methoxy groups -OCH3 is 2. The van der Waals surface area contributed by atoms with Crippen LogP contribution in [0, 0.1) is 23.7 Å². The van der Waals surface area contributed by atoms with E-state index in [0.717, 1.165) is 70.4 Å². The molecule has 0 aliphatic carbocycles. The molecule has 1 fully saturated rings. The molecule has 1 aliphatic rings. The summed E-state index contributed by atoms with van der Waals surface area (Å²) < 4.78 is 10.8. The quantitative estimate of drug-likeness (QED) is 0.225. The number of aliphatic hydroxyl groups is 1. The van der Waals surface area contributed by atoms with E-state index < -0.39 is 6.10 Å². The molecule has 1 saturated heterocycles. The van der Waals surface area contributed by atoms with Crippen LogP contribution in [0.1, 0.15) is 77.3 Å². The molecular formula is C31H55N3O4. The second-order valence-corrected chi connectivity index (χ2v) is 11.9. The molecule has 7 heteroatoms. The number of aryl methyl sites for hydroxylation is 1. The molecule has 0 bridgehead atoms. The first kappa shape index (κ1) is 32.5. The van der Waals surface area contributed by atoms with Crippen LogP contribution in [-0.4, -0.2) is 63.1 Å². The summed E-state index contributed by atoms with van der Waals surface area (Å²) in [6, 6.07) is 6.33. The minimum atomic E-state index is -0.713. The Labute approximate surface area is 231 Å². The van der Waals surface area contributed by atoms with Gasteiger partial charge in [0.15, 0.2) is 0 Å². The highest BCUT2D eigenvalue weighted by atomic mass is 16.5. The molecule has 1 aromatic carbocycles.